The van der Waals surface area contributed by atoms with Gasteiger partial charge in [-0.1, -0.05) is 19.3 Å². The predicted molar refractivity (Wildman–Crippen MR) is 61.7 cm³/mol. The smallest absolute Gasteiger partial charge is 0.151 e. The first-order chi connectivity index (χ1) is 7.16. The summed E-state index contributed by atoms with van der Waals surface area (Å²) in [6.45, 7) is 0. The Labute approximate surface area is 92.6 Å². The van der Waals surface area contributed by atoms with E-state index in [0.29, 0.717) is 17.5 Å². The van der Waals surface area contributed by atoms with Gasteiger partial charge in [-0.05, 0) is 25.7 Å². The molecule has 1 saturated carbocycles. The van der Waals surface area contributed by atoms with Crippen molar-refractivity contribution in [3.05, 3.63) is 0 Å². The summed E-state index contributed by atoms with van der Waals surface area (Å²) >= 11 is 0. The number of hydrogen-bond acceptors (Lipinski definition) is 3. The van der Waals surface area contributed by atoms with Crippen LogP contribution in [0.2, 0.25) is 0 Å². The fourth-order valence-corrected chi connectivity index (χ4v) is 4.41. The van der Waals surface area contributed by atoms with E-state index in [2.05, 4.69) is 5.32 Å². The molecule has 0 spiro atoms. The molecule has 1 N–H and O–H groups in total. The van der Waals surface area contributed by atoms with Gasteiger partial charge in [0.25, 0.3) is 0 Å². The van der Waals surface area contributed by atoms with Gasteiger partial charge in [-0.2, -0.15) is 0 Å². The molecular formula is C11H21NO2S. The van der Waals surface area contributed by atoms with Gasteiger partial charge in [0.1, 0.15) is 0 Å². The number of rotatable bonds is 2. The molecule has 0 aromatic carbocycles. The molecule has 15 heavy (non-hydrogen) atoms. The molecule has 0 amide bonds. The molecule has 1 unspecified atom stereocenters. The largest absolute Gasteiger partial charge is 0.310 e. The van der Waals surface area contributed by atoms with Gasteiger partial charge >= 0.3 is 0 Å². The van der Waals surface area contributed by atoms with Crippen LogP contribution in [0.5, 0.6) is 0 Å². The van der Waals surface area contributed by atoms with E-state index in [0.717, 1.165) is 12.8 Å². The molecule has 0 bridgehead atoms. The van der Waals surface area contributed by atoms with Crippen LogP contribution in [0, 0.1) is 0 Å². The molecule has 3 nitrogen and oxygen atoms in total. The lowest BCUT2D eigenvalue weighted by molar-refractivity contribution is 0.333. The van der Waals surface area contributed by atoms with E-state index < -0.39 is 9.84 Å². The van der Waals surface area contributed by atoms with Crippen molar-refractivity contribution in [1.82, 2.24) is 5.32 Å². The lowest BCUT2D eigenvalue weighted by Crippen LogP contribution is -2.45. The highest BCUT2D eigenvalue weighted by Crippen LogP contribution is 2.20. The normalized spacial score (nSPS) is 32.7. The quantitative estimate of drug-likeness (QED) is 0.783. The Morgan fingerprint density at radius 2 is 1.53 bits per heavy atom. The summed E-state index contributed by atoms with van der Waals surface area (Å²) in [5.41, 5.74) is 0. The molecule has 1 aliphatic heterocycles. The second kappa shape index (κ2) is 4.83. The van der Waals surface area contributed by atoms with E-state index in [9.17, 15) is 8.42 Å². The summed E-state index contributed by atoms with van der Waals surface area (Å²) < 4.78 is 22.9. The minimum atomic E-state index is -2.75. The van der Waals surface area contributed by atoms with Gasteiger partial charge in [0.15, 0.2) is 9.84 Å². The van der Waals surface area contributed by atoms with Crippen LogP contribution < -0.4 is 5.32 Å². The third kappa shape index (κ3) is 3.45. The molecule has 88 valence electrons. The Bertz CT molecular complexity index is 294. The third-order valence-corrected chi connectivity index (χ3v) is 5.36. The average molecular weight is 231 g/mol. The van der Waals surface area contributed by atoms with Gasteiger partial charge in [0, 0.05) is 12.1 Å². The number of nitrogens with one attached hydrogen (secondary N) is 1. The summed E-state index contributed by atoms with van der Waals surface area (Å²) in [6, 6.07) is 0.809. The van der Waals surface area contributed by atoms with Crippen molar-refractivity contribution in [2.75, 3.05) is 11.5 Å². The van der Waals surface area contributed by atoms with E-state index in [1.807, 2.05) is 0 Å². The fraction of sp³-hybridized carbons (Fsp3) is 1.00. The van der Waals surface area contributed by atoms with Crippen LogP contribution in [0.25, 0.3) is 0 Å². The Kier molecular flexibility index (Phi) is 3.67. The zero-order chi connectivity index (χ0) is 10.7. The van der Waals surface area contributed by atoms with Crippen LogP contribution in [-0.2, 0) is 9.84 Å². The van der Waals surface area contributed by atoms with Gasteiger partial charge in [0.05, 0.1) is 11.5 Å². The second-order valence-corrected chi connectivity index (χ2v) is 7.18. The maximum atomic E-state index is 11.5. The minimum Gasteiger partial charge on any atom is -0.310 e. The van der Waals surface area contributed by atoms with Crippen LogP contribution in [0.4, 0.5) is 0 Å². The van der Waals surface area contributed by atoms with E-state index in [4.69, 9.17) is 0 Å². The highest BCUT2D eigenvalue weighted by Gasteiger charge is 2.26. The predicted octanol–water partition coefficient (Wildman–Crippen LogP) is 1.49. The second-order valence-electron chi connectivity index (χ2n) is 4.96. The lowest BCUT2D eigenvalue weighted by atomic mass is 9.94. The molecule has 0 aromatic rings. The molecule has 2 fully saturated rings. The van der Waals surface area contributed by atoms with E-state index >= 15 is 0 Å². The van der Waals surface area contributed by atoms with Crippen LogP contribution >= 0.6 is 0 Å². The van der Waals surface area contributed by atoms with Crippen LogP contribution in [0.3, 0.4) is 0 Å². The molecular weight excluding hydrogens is 210 g/mol. The Hall–Kier alpha value is -0.0900. The SMILES string of the molecule is O=S1(=O)CCCC(NC2CCCCC2)C1. The van der Waals surface area contributed by atoms with Gasteiger partial charge in [-0.25, -0.2) is 8.42 Å². The summed E-state index contributed by atoms with van der Waals surface area (Å²) in [5, 5.41) is 3.53. The van der Waals surface area contributed by atoms with Gasteiger partial charge in [0.2, 0.25) is 0 Å². The number of hydrogen-bond donors (Lipinski definition) is 1. The standard InChI is InChI=1S/C11H21NO2S/c13-15(14)8-4-7-11(9-15)12-10-5-2-1-3-6-10/h10-12H,1-9H2. The van der Waals surface area contributed by atoms with Gasteiger partial charge < -0.3 is 5.32 Å². The van der Waals surface area contributed by atoms with E-state index in [-0.39, 0.29) is 6.04 Å². The monoisotopic (exact) mass is 231 g/mol. The Morgan fingerprint density at radius 3 is 2.20 bits per heavy atom. The molecule has 0 aromatic heterocycles. The molecule has 1 atom stereocenters. The molecule has 0 radical (unpaired) electrons. The molecule has 1 aliphatic carbocycles. The first-order valence-corrected chi connectivity index (χ1v) is 7.94. The zero-order valence-corrected chi connectivity index (χ0v) is 10.1. The first-order valence-electron chi connectivity index (χ1n) is 6.12. The van der Waals surface area contributed by atoms with Crippen molar-refractivity contribution in [2.45, 2.75) is 57.0 Å². The van der Waals surface area contributed by atoms with Crippen LogP contribution in [0.1, 0.15) is 44.9 Å². The van der Waals surface area contributed by atoms with Crippen molar-refractivity contribution in [1.29, 1.82) is 0 Å². The summed E-state index contributed by atoms with van der Waals surface area (Å²) in [7, 11) is -2.75. The topological polar surface area (TPSA) is 46.2 Å². The third-order valence-electron chi connectivity index (χ3n) is 3.54. The minimum absolute atomic E-state index is 0.229. The molecule has 2 rings (SSSR count). The summed E-state index contributed by atoms with van der Waals surface area (Å²) in [5.74, 6) is 0.763. The highest BCUT2D eigenvalue weighted by atomic mass is 32.2. The van der Waals surface area contributed by atoms with E-state index in [1.165, 1.54) is 32.1 Å². The van der Waals surface area contributed by atoms with Crippen molar-refractivity contribution in [3.8, 4) is 0 Å². The molecule has 1 saturated heterocycles. The van der Waals surface area contributed by atoms with Crippen molar-refractivity contribution in [2.24, 2.45) is 0 Å². The van der Waals surface area contributed by atoms with Crippen LogP contribution in [0.15, 0.2) is 0 Å². The Balaban J connectivity index is 1.83. The maximum absolute atomic E-state index is 11.5. The fourth-order valence-electron chi connectivity index (χ4n) is 2.76. The summed E-state index contributed by atoms with van der Waals surface area (Å²) in [4.78, 5) is 0. The van der Waals surface area contributed by atoms with Crippen molar-refractivity contribution < 1.29 is 8.42 Å². The maximum Gasteiger partial charge on any atom is 0.151 e. The Morgan fingerprint density at radius 1 is 0.867 bits per heavy atom. The zero-order valence-electron chi connectivity index (χ0n) is 9.24. The van der Waals surface area contributed by atoms with Crippen molar-refractivity contribution >= 4 is 9.84 Å². The first kappa shape index (κ1) is 11.4. The van der Waals surface area contributed by atoms with Gasteiger partial charge in [-0.3, -0.25) is 0 Å². The molecule has 4 heteroatoms. The number of sulfone groups is 1. The highest BCUT2D eigenvalue weighted by molar-refractivity contribution is 7.91. The summed E-state index contributed by atoms with van der Waals surface area (Å²) in [6.07, 6.45) is 8.30. The lowest BCUT2D eigenvalue weighted by Gasteiger charge is -2.30. The van der Waals surface area contributed by atoms with Crippen LogP contribution in [-0.4, -0.2) is 32.0 Å². The van der Waals surface area contributed by atoms with Gasteiger partial charge in [-0.15, -0.1) is 0 Å². The van der Waals surface area contributed by atoms with Crippen molar-refractivity contribution in [3.63, 3.8) is 0 Å². The molecule has 1 heterocycles. The average Bonchev–Trinajstić information content (AvgIpc) is 2.17. The molecule has 2 aliphatic rings. The van der Waals surface area contributed by atoms with E-state index in [1.54, 1.807) is 0 Å².